The molecular weight excluding hydrogens is 312 g/mol. The highest BCUT2D eigenvalue weighted by Gasteiger charge is 2.09. The Hall–Kier alpha value is -2.15. The van der Waals surface area contributed by atoms with E-state index in [1.807, 2.05) is 26.8 Å². The molecule has 0 saturated heterocycles. The van der Waals surface area contributed by atoms with Crippen LogP contribution in [-0.2, 0) is 10.0 Å². The molecule has 124 valence electrons. The van der Waals surface area contributed by atoms with E-state index >= 15 is 0 Å². The number of unbranched alkanes of at least 4 members (excludes halogenated alkanes) is 1. The number of nitrogens with zero attached hydrogens (tertiary/aromatic N) is 2. The van der Waals surface area contributed by atoms with Gasteiger partial charge in [0.05, 0.1) is 5.75 Å². The van der Waals surface area contributed by atoms with Crippen LogP contribution in [0.15, 0.2) is 30.3 Å². The Balaban J connectivity index is 2.04. The molecule has 0 radical (unpaired) electrons. The van der Waals surface area contributed by atoms with Crippen LogP contribution in [0.1, 0.15) is 31.2 Å². The number of rotatable bonds is 7. The number of hydrogen-bond acceptors (Lipinski definition) is 5. The molecule has 1 heterocycles. The SMILES string of the molecule is CCCCS(=O)(=O)Nc1ccc(Nc2nc(C)cc(C)n2)cc1. The molecule has 1 aromatic carbocycles. The summed E-state index contributed by atoms with van der Waals surface area (Å²) < 4.78 is 26.3. The maximum Gasteiger partial charge on any atom is 0.232 e. The number of hydrogen-bond donors (Lipinski definition) is 2. The van der Waals surface area contributed by atoms with Crippen LogP contribution in [0.5, 0.6) is 0 Å². The summed E-state index contributed by atoms with van der Waals surface area (Å²) in [6.07, 6.45) is 1.50. The van der Waals surface area contributed by atoms with E-state index in [4.69, 9.17) is 0 Å². The number of nitrogens with one attached hydrogen (secondary N) is 2. The molecule has 0 atom stereocenters. The van der Waals surface area contributed by atoms with Crippen molar-refractivity contribution in [2.24, 2.45) is 0 Å². The molecule has 2 N–H and O–H groups in total. The van der Waals surface area contributed by atoms with Gasteiger partial charge in [-0.3, -0.25) is 4.72 Å². The Bertz CT molecular complexity index is 738. The van der Waals surface area contributed by atoms with Crippen molar-refractivity contribution >= 4 is 27.3 Å². The molecule has 0 aliphatic carbocycles. The minimum Gasteiger partial charge on any atom is -0.324 e. The van der Waals surface area contributed by atoms with Gasteiger partial charge >= 0.3 is 0 Å². The van der Waals surface area contributed by atoms with Gasteiger partial charge in [0, 0.05) is 22.8 Å². The van der Waals surface area contributed by atoms with E-state index in [1.54, 1.807) is 24.3 Å². The van der Waals surface area contributed by atoms with Crippen molar-refractivity contribution in [1.82, 2.24) is 9.97 Å². The monoisotopic (exact) mass is 334 g/mol. The number of sulfonamides is 1. The Morgan fingerprint density at radius 2 is 1.57 bits per heavy atom. The van der Waals surface area contributed by atoms with Crippen LogP contribution in [-0.4, -0.2) is 24.1 Å². The van der Waals surface area contributed by atoms with Crippen molar-refractivity contribution < 1.29 is 8.42 Å². The highest BCUT2D eigenvalue weighted by molar-refractivity contribution is 7.92. The van der Waals surface area contributed by atoms with Gasteiger partial charge in [-0.05, 0) is 50.6 Å². The molecule has 0 bridgehead atoms. The van der Waals surface area contributed by atoms with Crippen LogP contribution in [0.25, 0.3) is 0 Å². The number of benzene rings is 1. The average Bonchev–Trinajstić information content (AvgIpc) is 2.46. The van der Waals surface area contributed by atoms with Crippen molar-refractivity contribution in [2.75, 3.05) is 15.8 Å². The third-order valence-corrected chi connectivity index (χ3v) is 4.54. The molecule has 0 aliphatic heterocycles. The average molecular weight is 334 g/mol. The van der Waals surface area contributed by atoms with Gasteiger partial charge in [0.2, 0.25) is 16.0 Å². The molecule has 0 amide bonds. The Labute approximate surface area is 137 Å². The zero-order valence-corrected chi connectivity index (χ0v) is 14.4. The lowest BCUT2D eigenvalue weighted by molar-refractivity contribution is 0.598. The summed E-state index contributed by atoms with van der Waals surface area (Å²) in [5.41, 5.74) is 3.13. The Kier molecular flexibility index (Phi) is 5.54. The molecule has 2 aromatic rings. The summed E-state index contributed by atoms with van der Waals surface area (Å²) >= 11 is 0. The summed E-state index contributed by atoms with van der Waals surface area (Å²) in [7, 11) is -3.27. The standard InChI is InChI=1S/C16H22N4O2S/c1-4-5-10-23(21,22)20-15-8-6-14(7-9-15)19-16-17-12(2)11-13(3)18-16/h6-9,11,20H,4-5,10H2,1-3H3,(H,17,18,19). The largest absolute Gasteiger partial charge is 0.324 e. The Morgan fingerprint density at radius 3 is 2.13 bits per heavy atom. The fourth-order valence-corrected chi connectivity index (χ4v) is 3.36. The minimum absolute atomic E-state index is 0.139. The summed E-state index contributed by atoms with van der Waals surface area (Å²) in [4.78, 5) is 8.62. The zero-order valence-electron chi connectivity index (χ0n) is 13.6. The molecule has 6 nitrogen and oxygen atoms in total. The molecule has 7 heteroatoms. The maximum absolute atomic E-state index is 11.9. The molecule has 0 unspecified atom stereocenters. The predicted octanol–water partition coefficient (Wildman–Crippen LogP) is 3.38. The molecule has 1 aromatic heterocycles. The van der Waals surface area contributed by atoms with Gasteiger partial charge in [0.1, 0.15) is 0 Å². The van der Waals surface area contributed by atoms with Gasteiger partial charge in [-0.1, -0.05) is 13.3 Å². The minimum atomic E-state index is -3.27. The molecule has 0 saturated carbocycles. The summed E-state index contributed by atoms with van der Waals surface area (Å²) in [5, 5.41) is 3.11. The van der Waals surface area contributed by atoms with Gasteiger partial charge in [-0.15, -0.1) is 0 Å². The highest BCUT2D eigenvalue weighted by Crippen LogP contribution is 2.18. The smallest absolute Gasteiger partial charge is 0.232 e. The van der Waals surface area contributed by atoms with Crippen LogP contribution in [0.4, 0.5) is 17.3 Å². The van der Waals surface area contributed by atoms with E-state index in [9.17, 15) is 8.42 Å². The van der Waals surface area contributed by atoms with Crippen LogP contribution in [0.2, 0.25) is 0 Å². The fraction of sp³-hybridized carbons (Fsp3) is 0.375. The third-order valence-electron chi connectivity index (χ3n) is 3.16. The predicted molar refractivity (Wildman–Crippen MR) is 93.5 cm³/mol. The highest BCUT2D eigenvalue weighted by atomic mass is 32.2. The Morgan fingerprint density at radius 1 is 1.00 bits per heavy atom. The topological polar surface area (TPSA) is 84.0 Å². The maximum atomic E-state index is 11.9. The van der Waals surface area contributed by atoms with Crippen LogP contribution in [0.3, 0.4) is 0 Å². The summed E-state index contributed by atoms with van der Waals surface area (Å²) in [6.45, 7) is 5.78. The van der Waals surface area contributed by atoms with Crippen LogP contribution < -0.4 is 10.0 Å². The fourth-order valence-electron chi connectivity index (χ4n) is 2.10. The van der Waals surface area contributed by atoms with Crippen molar-refractivity contribution in [3.63, 3.8) is 0 Å². The van der Waals surface area contributed by atoms with Crippen molar-refractivity contribution in [2.45, 2.75) is 33.6 Å². The second-order valence-electron chi connectivity index (χ2n) is 5.45. The summed E-state index contributed by atoms with van der Waals surface area (Å²) in [5.74, 6) is 0.665. The van der Waals surface area contributed by atoms with Crippen molar-refractivity contribution in [3.05, 3.63) is 41.7 Å². The van der Waals surface area contributed by atoms with Crippen molar-refractivity contribution in [1.29, 1.82) is 0 Å². The molecule has 2 rings (SSSR count). The van der Waals surface area contributed by atoms with E-state index in [1.165, 1.54) is 0 Å². The van der Waals surface area contributed by atoms with E-state index in [2.05, 4.69) is 20.0 Å². The first-order valence-corrected chi connectivity index (χ1v) is 9.23. The van der Waals surface area contributed by atoms with E-state index in [0.717, 1.165) is 23.5 Å². The third kappa shape index (κ3) is 5.52. The van der Waals surface area contributed by atoms with Gasteiger partial charge in [-0.2, -0.15) is 0 Å². The molecule has 0 aliphatic rings. The lowest BCUT2D eigenvalue weighted by Gasteiger charge is -2.09. The number of aryl methyl sites for hydroxylation is 2. The van der Waals surface area contributed by atoms with E-state index in [0.29, 0.717) is 18.1 Å². The quantitative estimate of drug-likeness (QED) is 0.811. The second kappa shape index (κ2) is 7.41. The molecule has 0 spiro atoms. The van der Waals surface area contributed by atoms with Gasteiger partial charge < -0.3 is 5.32 Å². The lowest BCUT2D eigenvalue weighted by Crippen LogP contribution is -2.16. The second-order valence-corrected chi connectivity index (χ2v) is 7.29. The lowest BCUT2D eigenvalue weighted by atomic mass is 10.3. The van der Waals surface area contributed by atoms with Crippen molar-refractivity contribution in [3.8, 4) is 0 Å². The molecule has 23 heavy (non-hydrogen) atoms. The molecular formula is C16H22N4O2S. The van der Waals surface area contributed by atoms with Gasteiger partial charge in [0.15, 0.2) is 0 Å². The van der Waals surface area contributed by atoms with Crippen LogP contribution in [0, 0.1) is 13.8 Å². The van der Waals surface area contributed by atoms with Gasteiger partial charge in [-0.25, -0.2) is 18.4 Å². The summed E-state index contributed by atoms with van der Waals surface area (Å²) in [6, 6.07) is 8.92. The first kappa shape index (κ1) is 17.2. The number of anilines is 3. The molecule has 0 fully saturated rings. The van der Waals surface area contributed by atoms with Crippen LogP contribution >= 0.6 is 0 Å². The zero-order chi connectivity index (χ0) is 16.9. The van der Waals surface area contributed by atoms with Gasteiger partial charge in [0.25, 0.3) is 0 Å². The first-order valence-electron chi connectivity index (χ1n) is 7.58. The number of aromatic nitrogens is 2. The van der Waals surface area contributed by atoms with E-state index < -0.39 is 10.0 Å². The van der Waals surface area contributed by atoms with E-state index in [-0.39, 0.29) is 5.75 Å². The normalized spacial score (nSPS) is 11.3. The first-order chi connectivity index (χ1) is 10.9.